The lowest BCUT2D eigenvalue weighted by atomic mass is 10.1. The highest BCUT2D eigenvalue weighted by Crippen LogP contribution is 2.04. The lowest BCUT2D eigenvalue weighted by Gasteiger charge is -2.19. The van der Waals surface area contributed by atoms with Crippen LogP contribution in [0, 0.1) is 0 Å². The fraction of sp³-hybridized carbons (Fsp3) is 1.00. The third-order valence-corrected chi connectivity index (χ3v) is 1.46. The van der Waals surface area contributed by atoms with E-state index < -0.39 is 37.6 Å². The Kier molecular flexibility index (Phi) is 5.31. The third-order valence-electron chi connectivity index (χ3n) is 1.46. The molecule has 6 nitrogen and oxygen atoms in total. The quantitative estimate of drug-likeness (QED) is 0.248. The van der Waals surface area contributed by atoms with E-state index in [1.807, 2.05) is 0 Å². The van der Waals surface area contributed by atoms with Crippen molar-refractivity contribution >= 4 is 0 Å². The Hall–Kier alpha value is -0.240. The second-order valence-electron chi connectivity index (χ2n) is 2.53. The monoisotopic (exact) mass is 182 g/mol. The zero-order valence-electron chi connectivity index (χ0n) is 6.41. The Morgan fingerprint density at radius 2 is 1.25 bits per heavy atom. The summed E-state index contributed by atoms with van der Waals surface area (Å²) in [5.41, 5.74) is 0. The second-order valence-corrected chi connectivity index (χ2v) is 2.53. The first-order chi connectivity index (χ1) is 5.49. The maximum absolute atomic E-state index is 8.94. The van der Waals surface area contributed by atoms with Gasteiger partial charge < -0.3 is 30.6 Å². The number of hydrogen-bond acceptors (Lipinski definition) is 6. The molecule has 0 fully saturated rings. The van der Waals surface area contributed by atoms with Crippen molar-refractivity contribution in [2.75, 3.05) is 6.61 Å². The van der Waals surface area contributed by atoms with Crippen LogP contribution >= 0.6 is 0 Å². The molecule has 0 aromatic carbocycles. The van der Waals surface area contributed by atoms with Crippen LogP contribution in [0.4, 0.5) is 0 Å². The number of aliphatic hydroxyl groups excluding tert-OH is 5. The van der Waals surface area contributed by atoms with E-state index >= 15 is 0 Å². The van der Waals surface area contributed by atoms with Crippen LogP contribution in [0.5, 0.6) is 0 Å². The molecule has 74 valence electrons. The summed E-state index contributed by atoms with van der Waals surface area (Å²) in [7, 11) is 0. The van der Waals surface area contributed by atoms with Gasteiger partial charge in [-0.3, -0.25) is 0 Å². The molecule has 0 aliphatic carbocycles. The molecule has 0 amide bonds. The molecule has 6 N–H and O–H groups in total. The minimum absolute atomic E-state index is 0.403. The molecule has 0 spiro atoms. The first-order valence-corrected chi connectivity index (χ1v) is 3.50. The summed E-state index contributed by atoms with van der Waals surface area (Å²) in [6.07, 6.45) is -6.63. The fourth-order valence-corrected chi connectivity index (χ4v) is 0.648. The summed E-state index contributed by atoms with van der Waals surface area (Å²) in [4.78, 5) is 0. The predicted octanol–water partition coefficient (Wildman–Crippen LogP) is -3.24. The summed E-state index contributed by atoms with van der Waals surface area (Å²) in [5.74, 6) is 0. The van der Waals surface area contributed by atoms with Crippen LogP contribution < -0.4 is 0 Å². The molecule has 6 heteroatoms. The summed E-state index contributed by atoms with van der Waals surface area (Å²) >= 11 is 0. The second kappa shape index (κ2) is 5.41. The number of rotatable bonds is 5. The van der Waals surface area contributed by atoms with Crippen LogP contribution in [0.15, 0.2) is 0 Å². The lowest BCUT2D eigenvalue weighted by Crippen LogP contribution is -2.36. The highest BCUT2D eigenvalue weighted by atomic mass is 16.5. The molecule has 0 aliphatic rings. The van der Waals surface area contributed by atoms with Gasteiger partial charge >= 0.3 is 0 Å². The molecule has 0 aromatic rings. The SMILES string of the molecule is OCC(O)C(O)CC(O)C(O)O. The number of hydrogen-bond donors (Lipinski definition) is 6. The van der Waals surface area contributed by atoms with Crippen LogP contribution in [0.2, 0.25) is 0 Å². The maximum Gasteiger partial charge on any atom is 0.178 e. The minimum atomic E-state index is -1.95. The van der Waals surface area contributed by atoms with Crippen LogP contribution in [0.3, 0.4) is 0 Å². The Morgan fingerprint density at radius 3 is 1.58 bits per heavy atom. The van der Waals surface area contributed by atoms with E-state index in [2.05, 4.69) is 0 Å². The molecule has 0 radical (unpaired) electrons. The van der Waals surface area contributed by atoms with Gasteiger partial charge in [-0.1, -0.05) is 0 Å². The first kappa shape index (κ1) is 11.8. The van der Waals surface area contributed by atoms with Crippen molar-refractivity contribution in [1.82, 2.24) is 0 Å². The van der Waals surface area contributed by atoms with E-state index in [9.17, 15) is 0 Å². The molecule has 0 saturated heterocycles. The summed E-state index contributed by atoms with van der Waals surface area (Å²) in [6, 6.07) is 0. The molecule has 0 aliphatic heterocycles. The van der Waals surface area contributed by atoms with Gasteiger partial charge in [0, 0.05) is 6.42 Å². The van der Waals surface area contributed by atoms with E-state index in [0.29, 0.717) is 0 Å². The molecule has 0 saturated carbocycles. The first-order valence-electron chi connectivity index (χ1n) is 3.50. The maximum atomic E-state index is 8.94. The molecule has 0 rings (SSSR count). The van der Waals surface area contributed by atoms with Crippen molar-refractivity contribution in [2.45, 2.75) is 31.0 Å². The van der Waals surface area contributed by atoms with E-state index in [4.69, 9.17) is 30.6 Å². The van der Waals surface area contributed by atoms with Gasteiger partial charge in [0.15, 0.2) is 6.29 Å². The van der Waals surface area contributed by atoms with Crippen LogP contribution in [-0.4, -0.2) is 61.8 Å². The molecule has 0 heterocycles. The van der Waals surface area contributed by atoms with Crippen molar-refractivity contribution in [1.29, 1.82) is 0 Å². The van der Waals surface area contributed by atoms with Gasteiger partial charge in [-0.05, 0) is 0 Å². The molecule has 0 bridgehead atoms. The van der Waals surface area contributed by atoms with E-state index in [1.54, 1.807) is 0 Å². The van der Waals surface area contributed by atoms with Gasteiger partial charge in [0.05, 0.1) is 12.7 Å². The van der Waals surface area contributed by atoms with Gasteiger partial charge in [-0.2, -0.15) is 0 Å². The van der Waals surface area contributed by atoms with Gasteiger partial charge in [0.1, 0.15) is 12.2 Å². The van der Waals surface area contributed by atoms with Crippen molar-refractivity contribution in [3.8, 4) is 0 Å². The standard InChI is InChI=1S/C6H14O6/c7-2-5(10)3(8)1-4(9)6(11)12/h3-12H,1-2H2. The Bertz CT molecular complexity index is 117. The Morgan fingerprint density at radius 1 is 0.750 bits per heavy atom. The summed E-state index contributed by atoms with van der Waals surface area (Å²) < 4.78 is 0. The van der Waals surface area contributed by atoms with Crippen molar-refractivity contribution in [3.63, 3.8) is 0 Å². The topological polar surface area (TPSA) is 121 Å². The Balaban J connectivity index is 3.75. The third kappa shape index (κ3) is 3.96. The van der Waals surface area contributed by atoms with Crippen LogP contribution in [-0.2, 0) is 0 Å². The summed E-state index contributed by atoms with van der Waals surface area (Å²) in [6.45, 7) is -0.643. The van der Waals surface area contributed by atoms with Crippen LogP contribution in [0.1, 0.15) is 6.42 Å². The van der Waals surface area contributed by atoms with Crippen molar-refractivity contribution in [3.05, 3.63) is 0 Å². The van der Waals surface area contributed by atoms with E-state index in [1.165, 1.54) is 0 Å². The van der Waals surface area contributed by atoms with E-state index in [-0.39, 0.29) is 0 Å². The lowest BCUT2D eigenvalue weighted by molar-refractivity contribution is -0.141. The average molecular weight is 182 g/mol. The molecule has 12 heavy (non-hydrogen) atoms. The predicted molar refractivity (Wildman–Crippen MR) is 37.9 cm³/mol. The van der Waals surface area contributed by atoms with Crippen molar-refractivity contribution < 1.29 is 30.6 Å². The zero-order chi connectivity index (χ0) is 9.72. The molecular weight excluding hydrogens is 168 g/mol. The minimum Gasteiger partial charge on any atom is -0.394 e. The molecule has 3 unspecified atom stereocenters. The highest BCUT2D eigenvalue weighted by molar-refractivity contribution is 4.71. The van der Waals surface area contributed by atoms with Gasteiger partial charge in [-0.25, -0.2) is 0 Å². The normalized spacial score (nSPS) is 19.2. The van der Waals surface area contributed by atoms with E-state index in [0.717, 1.165) is 0 Å². The average Bonchev–Trinajstić information content (AvgIpc) is 2.02. The summed E-state index contributed by atoms with van der Waals surface area (Å²) in [5, 5.41) is 51.6. The van der Waals surface area contributed by atoms with Crippen molar-refractivity contribution in [2.24, 2.45) is 0 Å². The van der Waals surface area contributed by atoms with Gasteiger partial charge in [-0.15, -0.1) is 0 Å². The molecule has 0 aromatic heterocycles. The molecular formula is C6H14O6. The Labute approximate surface area is 69.3 Å². The van der Waals surface area contributed by atoms with Gasteiger partial charge in [0.25, 0.3) is 0 Å². The smallest absolute Gasteiger partial charge is 0.178 e. The largest absolute Gasteiger partial charge is 0.394 e. The zero-order valence-corrected chi connectivity index (χ0v) is 6.41. The van der Waals surface area contributed by atoms with Gasteiger partial charge in [0.2, 0.25) is 0 Å². The molecule has 3 atom stereocenters. The van der Waals surface area contributed by atoms with Crippen LogP contribution in [0.25, 0.3) is 0 Å². The number of aliphatic hydroxyl groups is 6. The fourth-order valence-electron chi connectivity index (χ4n) is 0.648. The highest BCUT2D eigenvalue weighted by Gasteiger charge is 2.22.